The molecule has 0 radical (unpaired) electrons. The Morgan fingerprint density at radius 1 is 1.38 bits per heavy atom. The summed E-state index contributed by atoms with van der Waals surface area (Å²) >= 11 is 6.03. The Labute approximate surface area is 98.6 Å². The van der Waals surface area contributed by atoms with Gasteiger partial charge in [0.25, 0.3) is 0 Å². The minimum absolute atomic E-state index is 0.401. The van der Waals surface area contributed by atoms with Crippen LogP contribution in [0.1, 0.15) is 16.1 Å². The lowest BCUT2D eigenvalue weighted by atomic mass is 10.1. The summed E-state index contributed by atoms with van der Waals surface area (Å²) in [6.45, 7) is 2.01. The van der Waals surface area contributed by atoms with Crippen molar-refractivity contribution in [2.75, 3.05) is 7.11 Å². The molecule has 0 amide bonds. The Hall–Kier alpha value is -1.48. The van der Waals surface area contributed by atoms with Crippen molar-refractivity contribution in [1.82, 2.24) is 4.57 Å². The third-order valence-electron chi connectivity index (χ3n) is 2.78. The highest BCUT2D eigenvalue weighted by Crippen LogP contribution is 2.26. The molecule has 0 atom stereocenters. The van der Waals surface area contributed by atoms with Gasteiger partial charge in [0, 0.05) is 23.6 Å². The van der Waals surface area contributed by atoms with Crippen molar-refractivity contribution >= 4 is 28.5 Å². The molecule has 1 aromatic heterocycles. The summed E-state index contributed by atoms with van der Waals surface area (Å²) in [5.41, 5.74) is 2.49. The molecule has 1 heterocycles. The molecule has 0 N–H and O–H groups in total. The SMILES string of the molecule is COC(=O)c1cc2c(cc1Cl)cc(C)n2C. The number of carbonyl (C=O) groups excluding carboxylic acids is 1. The lowest BCUT2D eigenvalue weighted by molar-refractivity contribution is 0.0601. The molecule has 0 unspecified atom stereocenters. The smallest absolute Gasteiger partial charge is 0.339 e. The van der Waals surface area contributed by atoms with Gasteiger partial charge in [0.2, 0.25) is 0 Å². The molecule has 0 saturated carbocycles. The monoisotopic (exact) mass is 237 g/mol. The van der Waals surface area contributed by atoms with Gasteiger partial charge in [-0.1, -0.05) is 11.6 Å². The van der Waals surface area contributed by atoms with Crippen LogP contribution in [0.4, 0.5) is 0 Å². The van der Waals surface area contributed by atoms with Crippen molar-refractivity contribution < 1.29 is 9.53 Å². The zero-order valence-electron chi connectivity index (χ0n) is 9.37. The number of hydrogen-bond acceptors (Lipinski definition) is 2. The summed E-state index contributed by atoms with van der Waals surface area (Å²) in [6.07, 6.45) is 0. The first-order valence-corrected chi connectivity index (χ1v) is 5.26. The number of carbonyl (C=O) groups is 1. The van der Waals surface area contributed by atoms with E-state index in [9.17, 15) is 4.79 Å². The second kappa shape index (κ2) is 3.83. The van der Waals surface area contributed by atoms with Gasteiger partial charge in [-0.05, 0) is 25.1 Å². The molecule has 0 spiro atoms. The fourth-order valence-corrected chi connectivity index (χ4v) is 2.01. The van der Waals surface area contributed by atoms with Crippen molar-refractivity contribution in [1.29, 1.82) is 0 Å². The average molecular weight is 238 g/mol. The van der Waals surface area contributed by atoms with Gasteiger partial charge < -0.3 is 9.30 Å². The molecule has 3 nitrogen and oxygen atoms in total. The summed E-state index contributed by atoms with van der Waals surface area (Å²) < 4.78 is 6.69. The highest BCUT2D eigenvalue weighted by atomic mass is 35.5. The van der Waals surface area contributed by atoms with Crippen LogP contribution in [-0.4, -0.2) is 17.6 Å². The third kappa shape index (κ3) is 1.57. The van der Waals surface area contributed by atoms with Crippen LogP contribution in [0, 0.1) is 6.92 Å². The molecule has 2 rings (SSSR count). The Kier molecular flexibility index (Phi) is 2.64. The summed E-state index contributed by atoms with van der Waals surface area (Å²) in [6, 6.07) is 5.58. The standard InChI is InChI=1S/C12H12ClNO2/c1-7-4-8-5-10(13)9(12(15)16-3)6-11(8)14(7)2/h4-6H,1-3H3. The molecular weight excluding hydrogens is 226 g/mol. The van der Waals surface area contributed by atoms with Crippen LogP contribution in [0.15, 0.2) is 18.2 Å². The van der Waals surface area contributed by atoms with Crippen LogP contribution in [0.25, 0.3) is 10.9 Å². The average Bonchev–Trinajstić information content (AvgIpc) is 2.52. The Morgan fingerprint density at radius 3 is 2.69 bits per heavy atom. The summed E-state index contributed by atoms with van der Waals surface area (Å²) in [4.78, 5) is 11.5. The Morgan fingerprint density at radius 2 is 2.06 bits per heavy atom. The number of methoxy groups -OCH3 is 1. The molecule has 0 aliphatic carbocycles. The zero-order chi connectivity index (χ0) is 11.9. The van der Waals surface area contributed by atoms with Crippen LogP contribution in [0.3, 0.4) is 0 Å². The van der Waals surface area contributed by atoms with E-state index in [-0.39, 0.29) is 0 Å². The van der Waals surface area contributed by atoms with Gasteiger partial charge in [-0.3, -0.25) is 0 Å². The predicted molar refractivity (Wildman–Crippen MR) is 64.0 cm³/mol. The molecule has 0 bridgehead atoms. The highest BCUT2D eigenvalue weighted by Gasteiger charge is 2.13. The number of halogens is 1. The number of aryl methyl sites for hydroxylation is 2. The first-order chi connectivity index (χ1) is 7.54. The van der Waals surface area contributed by atoms with Gasteiger partial charge in [0.15, 0.2) is 0 Å². The van der Waals surface area contributed by atoms with E-state index in [4.69, 9.17) is 11.6 Å². The van der Waals surface area contributed by atoms with Crippen molar-refractivity contribution in [3.05, 3.63) is 34.5 Å². The normalized spacial score (nSPS) is 10.8. The number of fused-ring (bicyclic) bond motifs is 1. The van der Waals surface area contributed by atoms with E-state index < -0.39 is 5.97 Å². The van der Waals surface area contributed by atoms with E-state index in [0.717, 1.165) is 16.6 Å². The fraction of sp³-hybridized carbons (Fsp3) is 0.250. The maximum atomic E-state index is 11.5. The van der Waals surface area contributed by atoms with Gasteiger partial charge in [-0.25, -0.2) is 4.79 Å². The van der Waals surface area contributed by atoms with Crippen LogP contribution in [0.5, 0.6) is 0 Å². The number of esters is 1. The van der Waals surface area contributed by atoms with Crippen LogP contribution < -0.4 is 0 Å². The molecule has 4 heteroatoms. The summed E-state index contributed by atoms with van der Waals surface area (Å²) in [5, 5.41) is 1.45. The minimum Gasteiger partial charge on any atom is -0.465 e. The molecule has 0 aliphatic rings. The quantitative estimate of drug-likeness (QED) is 0.714. The van der Waals surface area contributed by atoms with Gasteiger partial charge in [-0.15, -0.1) is 0 Å². The summed E-state index contributed by atoms with van der Waals surface area (Å²) in [5.74, 6) is -0.411. The molecule has 0 saturated heterocycles. The largest absolute Gasteiger partial charge is 0.465 e. The number of benzene rings is 1. The molecular formula is C12H12ClNO2. The molecule has 0 aliphatic heterocycles. The van der Waals surface area contributed by atoms with E-state index in [2.05, 4.69) is 4.74 Å². The lowest BCUT2D eigenvalue weighted by Crippen LogP contribution is -2.02. The van der Waals surface area contributed by atoms with Crippen molar-refractivity contribution in [2.45, 2.75) is 6.92 Å². The highest BCUT2D eigenvalue weighted by molar-refractivity contribution is 6.34. The van der Waals surface area contributed by atoms with Gasteiger partial charge in [-0.2, -0.15) is 0 Å². The van der Waals surface area contributed by atoms with E-state index in [1.54, 1.807) is 12.1 Å². The fourth-order valence-electron chi connectivity index (χ4n) is 1.76. The first-order valence-electron chi connectivity index (χ1n) is 4.88. The molecule has 84 valence electrons. The molecule has 1 aromatic carbocycles. The van der Waals surface area contributed by atoms with Crippen LogP contribution in [-0.2, 0) is 11.8 Å². The number of hydrogen-bond donors (Lipinski definition) is 0. The molecule has 0 fully saturated rings. The number of nitrogens with zero attached hydrogens (tertiary/aromatic N) is 1. The second-order valence-corrected chi connectivity index (χ2v) is 4.13. The van der Waals surface area contributed by atoms with Crippen molar-refractivity contribution in [3.8, 4) is 0 Å². The van der Waals surface area contributed by atoms with E-state index >= 15 is 0 Å². The molecule has 2 aromatic rings. The Balaban J connectivity index is 2.73. The topological polar surface area (TPSA) is 31.2 Å². The van der Waals surface area contributed by atoms with Crippen LogP contribution in [0.2, 0.25) is 5.02 Å². The van der Waals surface area contributed by atoms with Gasteiger partial charge in [0.05, 0.1) is 17.7 Å². The first kappa shape index (κ1) is 11.0. The summed E-state index contributed by atoms with van der Waals surface area (Å²) in [7, 11) is 3.30. The van der Waals surface area contributed by atoms with Crippen molar-refractivity contribution in [2.24, 2.45) is 7.05 Å². The van der Waals surface area contributed by atoms with Crippen LogP contribution >= 0.6 is 11.6 Å². The number of aromatic nitrogens is 1. The lowest BCUT2D eigenvalue weighted by Gasteiger charge is -2.04. The van der Waals surface area contributed by atoms with E-state index in [1.807, 2.05) is 24.6 Å². The van der Waals surface area contributed by atoms with Gasteiger partial charge >= 0.3 is 5.97 Å². The number of rotatable bonds is 1. The molecule has 16 heavy (non-hydrogen) atoms. The van der Waals surface area contributed by atoms with Crippen molar-refractivity contribution in [3.63, 3.8) is 0 Å². The minimum atomic E-state index is -0.411. The number of ether oxygens (including phenoxy) is 1. The van der Waals surface area contributed by atoms with E-state index in [1.165, 1.54) is 7.11 Å². The third-order valence-corrected chi connectivity index (χ3v) is 3.09. The zero-order valence-corrected chi connectivity index (χ0v) is 10.1. The van der Waals surface area contributed by atoms with E-state index in [0.29, 0.717) is 10.6 Å². The van der Waals surface area contributed by atoms with Gasteiger partial charge in [0.1, 0.15) is 0 Å². The maximum Gasteiger partial charge on any atom is 0.339 e. The maximum absolute atomic E-state index is 11.5. The predicted octanol–water partition coefficient (Wildman–Crippen LogP) is 2.93. The Bertz CT molecular complexity index is 572. The second-order valence-electron chi connectivity index (χ2n) is 3.73.